The monoisotopic (exact) mass is 253 g/mol. The zero-order chi connectivity index (χ0) is 13.7. The third-order valence-corrected chi connectivity index (χ3v) is 2.72. The summed E-state index contributed by atoms with van der Waals surface area (Å²) in [5.74, 6) is -0.636. The highest BCUT2D eigenvalue weighted by atomic mass is 16.3. The standard InChI is InChI=1S/C14H11N3O2/c15-17-16-14(19)12-8-6-11(7-9-12)13(18)10-4-2-1-3-5-10/h1-9,13,18H. The summed E-state index contributed by atoms with van der Waals surface area (Å²) in [6.45, 7) is 0. The first-order chi connectivity index (χ1) is 9.22. The summed E-state index contributed by atoms with van der Waals surface area (Å²) < 4.78 is 0. The molecule has 0 aliphatic carbocycles. The van der Waals surface area contributed by atoms with Gasteiger partial charge in [0, 0.05) is 10.5 Å². The third-order valence-electron chi connectivity index (χ3n) is 2.72. The van der Waals surface area contributed by atoms with Crippen molar-refractivity contribution in [3.8, 4) is 0 Å². The van der Waals surface area contributed by atoms with E-state index in [0.29, 0.717) is 11.1 Å². The van der Waals surface area contributed by atoms with Crippen molar-refractivity contribution in [2.75, 3.05) is 0 Å². The number of rotatable bonds is 3. The van der Waals surface area contributed by atoms with E-state index in [1.807, 2.05) is 30.3 Å². The fraction of sp³-hybridized carbons (Fsp3) is 0.0714. The van der Waals surface area contributed by atoms with E-state index in [4.69, 9.17) is 5.53 Å². The molecule has 0 heterocycles. The van der Waals surface area contributed by atoms with Crippen LogP contribution < -0.4 is 0 Å². The van der Waals surface area contributed by atoms with Crippen LogP contribution in [0.2, 0.25) is 0 Å². The topological polar surface area (TPSA) is 86.1 Å². The van der Waals surface area contributed by atoms with Crippen molar-refractivity contribution in [2.45, 2.75) is 6.10 Å². The molecule has 0 aromatic heterocycles. The van der Waals surface area contributed by atoms with Gasteiger partial charge in [0.15, 0.2) is 0 Å². The van der Waals surface area contributed by atoms with Crippen LogP contribution in [0, 0.1) is 0 Å². The molecule has 5 heteroatoms. The van der Waals surface area contributed by atoms with Gasteiger partial charge in [0.1, 0.15) is 6.10 Å². The van der Waals surface area contributed by atoms with E-state index in [1.165, 1.54) is 12.1 Å². The zero-order valence-corrected chi connectivity index (χ0v) is 9.97. The van der Waals surface area contributed by atoms with Crippen molar-refractivity contribution in [3.05, 3.63) is 81.7 Å². The summed E-state index contributed by atoms with van der Waals surface area (Å²) in [4.78, 5) is 13.8. The number of nitrogens with zero attached hydrogens (tertiary/aromatic N) is 3. The molecule has 2 rings (SSSR count). The maximum absolute atomic E-state index is 11.3. The Balaban J connectivity index is 2.23. The highest BCUT2D eigenvalue weighted by Crippen LogP contribution is 2.21. The number of aliphatic hydroxyl groups is 1. The van der Waals surface area contributed by atoms with E-state index in [-0.39, 0.29) is 0 Å². The second kappa shape index (κ2) is 5.82. The molecule has 2 aromatic carbocycles. The molecule has 0 bridgehead atoms. The molecule has 0 spiro atoms. The Labute approximate surface area is 109 Å². The predicted molar refractivity (Wildman–Crippen MR) is 70.4 cm³/mol. The van der Waals surface area contributed by atoms with E-state index in [2.05, 4.69) is 10.0 Å². The molecule has 0 saturated heterocycles. The van der Waals surface area contributed by atoms with Crippen LogP contribution in [0.1, 0.15) is 27.6 Å². The van der Waals surface area contributed by atoms with Crippen LogP contribution in [-0.4, -0.2) is 11.0 Å². The minimum atomic E-state index is -0.746. The molecule has 0 saturated carbocycles. The summed E-state index contributed by atoms with van der Waals surface area (Å²) in [6, 6.07) is 15.5. The summed E-state index contributed by atoms with van der Waals surface area (Å²) >= 11 is 0. The van der Waals surface area contributed by atoms with Crippen LogP contribution in [0.15, 0.2) is 59.7 Å². The maximum atomic E-state index is 11.3. The van der Waals surface area contributed by atoms with E-state index >= 15 is 0 Å². The largest absolute Gasteiger partial charge is 0.384 e. The average Bonchev–Trinajstić information content (AvgIpc) is 2.48. The normalized spacial score (nSPS) is 11.4. The first-order valence-corrected chi connectivity index (χ1v) is 5.65. The Morgan fingerprint density at radius 1 is 1.05 bits per heavy atom. The highest BCUT2D eigenvalue weighted by Gasteiger charge is 2.10. The van der Waals surface area contributed by atoms with Gasteiger partial charge in [-0.2, -0.15) is 0 Å². The van der Waals surface area contributed by atoms with Crippen LogP contribution in [0.5, 0.6) is 0 Å². The summed E-state index contributed by atoms with van der Waals surface area (Å²) in [5.41, 5.74) is 9.93. The molecular formula is C14H11N3O2. The number of carbonyl (C=O) groups is 1. The molecule has 2 aromatic rings. The van der Waals surface area contributed by atoms with Gasteiger partial charge < -0.3 is 5.11 Å². The second-order valence-electron chi connectivity index (χ2n) is 3.93. The number of aliphatic hydroxyl groups excluding tert-OH is 1. The molecule has 1 atom stereocenters. The van der Waals surface area contributed by atoms with E-state index in [1.54, 1.807) is 12.1 Å². The number of hydrogen-bond acceptors (Lipinski definition) is 2. The molecule has 5 nitrogen and oxygen atoms in total. The minimum absolute atomic E-state index is 0.293. The van der Waals surface area contributed by atoms with Crippen molar-refractivity contribution in [2.24, 2.45) is 5.11 Å². The van der Waals surface area contributed by atoms with Gasteiger partial charge in [0.25, 0.3) is 0 Å². The van der Waals surface area contributed by atoms with Crippen molar-refractivity contribution >= 4 is 5.91 Å². The lowest BCUT2D eigenvalue weighted by Gasteiger charge is -2.11. The lowest BCUT2D eigenvalue weighted by atomic mass is 10.0. The van der Waals surface area contributed by atoms with Crippen LogP contribution in [0.4, 0.5) is 0 Å². The van der Waals surface area contributed by atoms with Crippen molar-refractivity contribution in [3.63, 3.8) is 0 Å². The molecule has 1 unspecified atom stereocenters. The molecule has 0 radical (unpaired) electrons. The number of azide groups is 1. The zero-order valence-electron chi connectivity index (χ0n) is 9.97. The Kier molecular flexibility index (Phi) is 3.93. The van der Waals surface area contributed by atoms with Gasteiger partial charge in [0.2, 0.25) is 5.91 Å². The molecule has 0 aliphatic rings. The molecule has 94 valence electrons. The molecule has 1 amide bonds. The second-order valence-corrected chi connectivity index (χ2v) is 3.93. The van der Waals surface area contributed by atoms with Gasteiger partial charge in [-0.25, -0.2) is 0 Å². The fourth-order valence-electron chi connectivity index (χ4n) is 1.73. The summed E-state index contributed by atoms with van der Waals surface area (Å²) in [7, 11) is 0. The molecule has 19 heavy (non-hydrogen) atoms. The Morgan fingerprint density at radius 2 is 1.63 bits per heavy atom. The Morgan fingerprint density at radius 3 is 2.21 bits per heavy atom. The van der Waals surface area contributed by atoms with Crippen molar-refractivity contribution in [1.82, 2.24) is 0 Å². The highest BCUT2D eigenvalue weighted by molar-refractivity contribution is 5.94. The summed E-state index contributed by atoms with van der Waals surface area (Å²) in [6.07, 6.45) is -0.746. The molecule has 0 fully saturated rings. The predicted octanol–water partition coefficient (Wildman–Crippen LogP) is 3.22. The number of hydrogen-bond donors (Lipinski definition) is 1. The van der Waals surface area contributed by atoms with Gasteiger partial charge >= 0.3 is 0 Å². The maximum Gasteiger partial charge on any atom is 0.249 e. The van der Waals surface area contributed by atoms with E-state index in [0.717, 1.165) is 5.56 Å². The van der Waals surface area contributed by atoms with Gasteiger partial charge in [-0.1, -0.05) is 54.6 Å². The molecule has 1 N–H and O–H groups in total. The Bertz CT molecular complexity index is 617. The number of benzene rings is 2. The van der Waals surface area contributed by atoms with Crippen LogP contribution in [0.25, 0.3) is 10.4 Å². The van der Waals surface area contributed by atoms with Gasteiger partial charge in [0.05, 0.1) is 0 Å². The van der Waals surface area contributed by atoms with Crippen molar-refractivity contribution in [1.29, 1.82) is 0 Å². The number of carbonyl (C=O) groups excluding carboxylic acids is 1. The SMILES string of the molecule is [N-]=[N+]=NC(=O)c1ccc(C(O)c2ccccc2)cc1. The van der Waals surface area contributed by atoms with E-state index in [9.17, 15) is 9.90 Å². The van der Waals surface area contributed by atoms with Crippen LogP contribution in [0.3, 0.4) is 0 Å². The fourth-order valence-corrected chi connectivity index (χ4v) is 1.73. The average molecular weight is 253 g/mol. The summed E-state index contributed by atoms with van der Waals surface area (Å²) in [5, 5.41) is 13.2. The first kappa shape index (κ1) is 12.8. The molecule has 0 aliphatic heterocycles. The lowest BCUT2D eigenvalue weighted by molar-refractivity contribution is 0.1000. The lowest BCUT2D eigenvalue weighted by Crippen LogP contribution is -2.00. The van der Waals surface area contributed by atoms with Crippen LogP contribution >= 0.6 is 0 Å². The third kappa shape index (κ3) is 2.98. The van der Waals surface area contributed by atoms with E-state index < -0.39 is 12.0 Å². The van der Waals surface area contributed by atoms with Gasteiger partial charge in [-0.15, -0.1) is 0 Å². The van der Waals surface area contributed by atoms with Gasteiger partial charge in [-0.3, -0.25) is 4.79 Å². The number of amides is 1. The quantitative estimate of drug-likeness (QED) is 0.517. The van der Waals surface area contributed by atoms with Gasteiger partial charge in [-0.05, 0) is 21.8 Å². The first-order valence-electron chi connectivity index (χ1n) is 5.65. The Hall–Kier alpha value is -2.62. The minimum Gasteiger partial charge on any atom is -0.384 e. The van der Waals surface area contributed by atoms with Crippen LogP contribution in [-0.2, 0) is 0 Å². The smallest absolute Gasteiger partial charge is 0.249 e. The molecular weight excluding hydrogens is 242 g/mol. The van der Waals surface area contributed by atoms with Crippen molar-refractivity contribution < 1.29 is 9.90 Å².